The van der Waals surface area contributed by atoms with Gasteiger partial charge >= 0.3 is 0 Å². The summed E-state index contributed by atoms with van der Waals surface area (Å²) in [6.07, 6.45) is 6.97. The summed E-state index contributed by atoms with van der Waals surface area (Å²) in [5, 5.41) is 0.973. The van der Waals surface area contributed by atoms with Crippen LogP contribution in [0.2, 0.25) is 5.02 Å². The van der Waals surface area contributed by atoms with Crippen LogP contribution < -0.4 is 0 Å². The number of benzene rings is 1. The van der Waals surface area contributed by atoms with E-state index in [0.717, 1.165) is 24.5 Å². The van der Waals surface area contributed by atoms with E-state index in [9.17, 15) is 0 Å². The van der Waals surface area contributed by atoms with Gasteiger partial charge in [-0.1, -0.05) is 23.7 Å². The lowest BCUT2D eigenvalue weighted by Gasteiger charge is -2.29. The fourth-order valence-electron chi connectivity index (χ4n) is 3.55. The standard InChI is InChI=1S/C16H20ClN/c1-2-9-18-10-8-14-15(17)7-6-12-4-3-5-13(11-18)16(12)14/h2,6-7,13H,1,3-5,8-11H2/t13-/m1/s1. The first-order chi connectivity index (χ1) is 8.79. The molecular weight excluding hydrogens is 242 g/mol. The van der Waals surface area contributed by atoms with Crippen LogP contribution in [0.4, 0.5) is 0 Å². The van der Waals surface area contributed by atoms with E-state index in [1.807, 2.05) is 6.08 Å². The molecule has 0 fully saturated rings. The molecule has 0 spiro atoms. The van der Waals surface area contributed by atoms with Gasteiger partial charge in [0.25, 0.3) is 0 Å². The van der Waals surface area contributed by atoms with Crippen LogP contribution in [-0.4, -0.2) is 24.5 Å². The van der Waals surface area contributed by atoms with Gasteiger partial charge < -0.3 is 0 Å². The highest BCUT2D eigenvalue weighted by Gasteiger charge is 2.28. The molecule has 0 bridgehead atoms. The van der Waals surface area contributed by atoms with Crippen LogP contribution >= 0.6 is 11.6 Å². The molecule has 0 saturated heterocycles. The normalized spacial score (nSPS) is 23.3. The smallest absolute Gasteiger partial charge is 0.0441 e. The van der Waals surface area contributed by atoms with Crippen LogP contribution in [0.15, 0.2) is 24.8 Å². The van der Waals surface area contributed by atoms with Crippen LogP contribution in [0.1, 0.15) is 35.4 Å². The number of halogens is 1. The van der Waals surface area contributed by atoms with Crippen molar-refractivity contribution >= 4 is 11.6 Å². The van der Waals surface area contributed by atoms with Gasteiger partial charge in [-0.3, -0.25) is 4.90 Å². The molecule has 0 saturated carbocycles. The number of hydrogen-bond acceptors (Lipinski definition) is 1. The van der Waals surface area contributed by atoms with Crippen LogP contribution in [0.3, 0.4) is 0 Å². The van der Waals surface area contributed by atoms with E-state index in [2.05, 4.69) is 23.6 Å². The lowest BCUT2D eigenvalue weighted by Crippen LogP contribution is -2.29. The summed E-state index contributed by atoms with van der Waals surface area (Å²) < 4.78 is 0. The van der Waals surface area contributed by atoms with Crippen molar-refractivity contribution < 1.29 is 0 Å². The van der Waals surface area contributed by atoms with Crippen molar-refractivity contribution in [2.24, 2.45) is 0 Å². The minimum absolute atomic E-state index is 0.685. The Morgan fingerprint density at radius 3 is 3.11 bits per heavy atom. The second-order valence-corrected chi connectivity index (χ2v) is 5.89. The van der Waals surface area contributed by atoms with Crippen LogP contribution in [0, 0.1) is 0 Å². The molecule has 1 aromatic carbocycles. The van der Waals surface area contributed by atoms with Gasteiger partial charge in [0, 0.05) is 24.7 Å². The highest BCUT2D eigenvalue weighted by atomic mass is 35.5. The van der Waals surface area contributed by atoms with E-state index in [0.29, 0.717) is 5.92 Å². The Bertz CT molecular complexity index is 466. The first-order valence-electron chi connectivity index (χ1n) is 6.93. The molecule has 3 rings (SSSR count). The Kier molecular flexibility index (Phi) is 3.45. The molecule has 0 N–H and O–H groups in total. The molecule has 1 atom stereocenters. The third kappa shape index (κ3) is 2.10. The maximum absolute atomic E-state index is 6.42. The van der Waals surface area contributed by atoms with Gasteiger partial charge in [0.2, 0.25) is 0 Å². The molecule has 96 valence electrons. The van der Waals surface area contributed by atoms with Gasteiger partial charge in [0.1, 0.15) is 0 Å². The fraction of sp³-hybridized carbons (Fsp3) is 0.500. The average molecular weight is 262 g/mol. The highest BCUT2D eigenvalue weighted by molar-refractivity contribution is 6.31. The van der Waals surface area contributed by atoms with Gasteiger partial charge in [0.15, 0.2) is 0 Å². The maximum Gasteiger partial charge on any atom is 0.0441 e. The van der Waals surface area contributed by atoms with Crippen LogP contribution in [0.5, 0.6) is 0 Å². The Morgan fingerprint density at radius 1 is 1.39 bits per heavy atom. The second-order valence-electron chi connectivity index (χ2n) is 5.49. The second kappa shape index (κ2) is 5.07. The molecule has 1 heterocycles. The first-order valence-corrected chi connectivity index (χ1v) is 7.31. The molecule has 0 aromatic heterocycles. The van der Waals surface area contributed by atoms with E-state index < -0.39 is 0 Å². The van der Waals surface area contributed by atoms with Crippen molar-refractivity contribution in [3.8, 4) is 0 Å². The molecule has 1 aromatic rings. The summed E-state index contributed by atoms with van der Waals surface area (Å²) in [5.74, 6) is 0.685. The summed E-state index contributed by atoms with van der Waals surface area (Å²) >= 11 is 6.42. The van der Waals surface area contributed by atoms with E-state index >= 15 is 0 Å². The van der Waals surface area contributed by atoms with Gasteiger partial charge in [0.05, 0.1) is 0 Å². The number of rotatable bonds is 2. The zero-order valence-corrected chi connectivity index (χ0v) is 11.5. The third-order valence-electron chi connectivity index (χ3n) is 4.34. The Labute approximate surface area is 114 Å². The number of hydrogen-bond donors (Lipinski definition) is 0. The summed E-state index contributed by atoms with van der Waals surface area (Å²) in [7, 11) is 0. The molecule has 1 aliphatic heterocycles. The van der Waals surface area contributed by atoms with E-state index in [1.165, 1.54) is 31.4 Å². The fourth-order valence-corrected chi connectivity index (χ4v) is 3.81. The number of nitrogens with zero attached hydrogens (tertiary/aromatic N) is 1. The Morgan fingerprint density at radius 2 is 2.28 bits per heavy atom. The Balaban J connectivity index is 2.01. The van der Waals surface area contributed by atoms with Gasteiger partial charge in [-0.15, -0.1) is 6.58 Å². The van der Waals surface area contributed by atoms with Crippen molar-refractivity contribution in [3.63, 3.8) is 0 Å². The van der Waals surface area contributed by atoms with E-state index in [1.54, 1.807) is 11.1 Å². The summed E-state index contributed by atoms with van der Waals surface area (Å²) in [6.45, 7) is 7.15. The van der Waals surface area contributed by atoms with Crippen molar-refractivity contribution in [1.29, 1.82) is 0 Å². The zero-order chi connectivity index (χ0) is 12.5. The van der Waals surface area contributed by atoms with Gasteiger partial charge in [-0.25, -0.2) is 0 Å². The molecular formula is C16H20ClN. The van der Waals surface area contributed by atoms with Crippen molar-refractivity contribution in [2.75, 3.05) is 19.6 Å². The molecule has 0 amide bonds. The maximum atomic E-state index is 6.42. The summed E-state index contributed by atoms with van der Waals surface area (Å²) in [4.78, 5) is 2.52. The van der Waals surface area contributed by atoms with Crippen LogP contribution in [-0.2, 0) is 12.8 Å². The molecule has 0 unspecified atom stereocenters. The third-order valence-corrected chi connectivity index (χ3v) is 4.70. The van der Waals surface area contributed by atoms with Crippen molar-refractivity contribution in [3.05, 3.63) is 46.5 Å². The molecule has 18 heavy (non-hydrogen) atoms. The molecule has 1 nitrogen and oxygen atoms in total. The lowest BCUT2D eigenvalue weighted by atomic mass is 9.80. The van der Waals surface area contributed by atoms with Gasteiger partial charge in [-0.2, -0.15) is 0 Å². The molecule has 0 radical (unpaired) electrons. The highest BCUT2D eigenvalue weighted by Crippen LogP contribution is 2.39. The quantitative estimate of drug-likeness (QED) is 0.732. The zero-order valence-electron chi connectivity index (χ0n) is 10.8. The minimum Gasteiger partial charge on any atom is -0.299 e. The van der Waals surface area contributed by atoms with Gasteiger partial charge in [-0.05, 0) is 54.4 Å². The largest absolute Gasteiger partial charge is 0.299 e. The SMILES string of the molecule is C=CCN1CCc2c(Cl)ccc3c2[C@H](CCC3)C1. The minimum atomic E-state index is 0.685. The summed E-state index contributed by atoms with van der Waals surface area (Å²) in [6, 6.07) is 4.34. The van der Waals surface area contributed by atoms with Crippen molar-refractivity contribution in [2.45, 2.75) is 31.6 Å². The monoisotopic (exact) mass is 261 g/mol. The predicted octanol–water partition coefficient (Wildman–Crippen LogP) is 3.80. The summed E-state index contributed by atoms with van der Waals surface area (Å²) in [5.41, 5.74) is 4.55. The van der Waals surface area contributed by atoms with E-state index in [4.69, 9.17) is 11.6 Å². The lowest BCUT2D eigenvalue weighted by molar-refractivity contribution is 0.286. The average Bonchev–Trinajstić information content (AvgIpc) is 2.56. The van der Waals surface area contributed by atoms with Crippen molar-refractivity contribution in [1.82, 2.24) is 4.90 Å². The van der Waals surface area contributed by atoms with E-state index in [-0.39, 0.29) is 0 Å². The molecule has 2 heteroatoms. The predicted molar refractivity (Wildman–Crippen MR) is 77.5 cm³/mol. The topological polar surface area (TPSA) is 3.24 Å². The first kappa shape index (κ1) is 12.3. The van der Waals surface area contributed by atoms with Crippen LogP contribution in [0.25, 0.3) is 0 Å². The number of aryl methyl sites for hydroxylation is 1. The molecule has 1 aliphatic carbocycles. The Hall–Kier alpha value is -0.790. The molecule has 2 aliphatic rings.